The van der Waals surface area contributed by atoms with Crippen LogP contribution in [0.25, 0.3) is 10.9 Å². The lowest BCUT2D eigenvalue weighted by molar-refractivity contribution is -0.130. The lowest BCUT2D eigenvalue weighted by Crippen LogP contribution is -2.60. The fourth-order valence-corrected chi connectivity index (χ4v) is 7.54. The molecule has 10 nitrogen and oxygen atoms in total. The van der Waals surface area contributed by atoms with E-state index < -0.39 is 41.6 Å². The molecular weight excluding hydrogens is 661 g/mol. The SMILES string of the molecule is CC(C)[C@H](NC(=O)c1ccc2ccccc2n1)C(=O)N[C@@H](Cc1ccccc1)[C@H](O)CN1CC[C@@H](Sc2ccncc2)C[C@H]1C(=O)NC(C)(C)C. The minimum absolute atomic E-state index is 0.0803. The number of likely N-dealkylation sites (tertiary alicyclic amines) is 1. The molecule has 4 aromatic rings. The fourth-order valence-electron chi connectivity index (χ4n) is 6.38. The van der Waals surface area contributed by atoms with Crippen molar-refractivity contribution >= 4 is 40.4 Å². The summed E-state index contributed by atoms with van der Waals surface area (Å²) in [5.41, 5.74) is 1.44. The maximum Gasteiger partial charge on any atom is 0.270 e. The van der Waals surface area contributed by atoms with Crippen LogP contribution < -0.4 is 16.0 Å². The molecule has 2 aromatic carbocycles. The van der Waals surface area contributed by atoms with E-state index in [1.807, 2.05) is 112 Å². The average Bonchev–Trinajstić information content (AvgIpc) is 3.10. The van der Waals surface area contributed by atoms with Crippen molar-refractivity contribution < 1.29 is 19.5 Å². The Morgan fingerprint density at radius 3 is 2.35 bits per heavy atom. The minimum Gasteiger partial charge on any atom is -0.390 e. The molecule has 0 bridgehead atoms. The number of thioether (sulfide) groups is 1. The molecule has 270 valence electrons. The molecule has 51 heavy (non-hydrogen) atoms. The Labute approximate surface area is 305 Å². The van der Waals surface area contributed by atoms with Crippen molar-refractivity contribution in [2.75, 3.05) is 13.1 Å². The van der Waals surface area contributed by atoms with Crippen molar-refractivity contribution in [2.45, 2.75) is 93.8 Å². The molecule has 0 radical (unpaired) electrons. The molecule has 3 amide bonds. The van der Waals surface area contributed by atoms with Crippen LogP contribution in [0.5, 0.6) is 0 Å². The molecule has 1 saturated heterocycles. The number of fused-ring (bicyclic) bond motifs is 1. The van der Waals surface area contributed by atoms with Gasteiger partial charge in [0, 0.05) is 46.6 Å². The zero-order chi connectivity index (χ0) is 36.5. The number of hydrogen-bond acceptors (Lipinski definition) is 8. The summed E-state index contributed by atoms with van der Waals surface area (Å²) in [7, 11) is 0. The van der Waals surface area contributed by atoms with Gasteiger partial charge in [0.25, 0.3) is 5.91 Å². The Balaban J connectivity index is 1.33. The predicted octanol–water partition coefficient (Wildman–Crippen LogP) is 5.01. The van der Waals surface area contributed by atoms with E-state index in [-0.39, 0.29) is 29.3 Å². The normalized spacial score (nSPS) is 18.5. The molecule has 4 N–H and O–H groups in total. The standard InChI is InChI=1S/C40H50N6O4S/c1-26(2)36(44-37(48)32-16-15-28-13-9-10-14-31(28)42-32)39(50)43-33(23-27-11-7-6-8-12-27)35(47)25-46-22-19-30(51-29-17-20-41-21-18-29)24-34(46)38(49)45-40(3,4)5/h6-18,20-21,26,30,33-36,47H,19,22-25H2,1-5H3,(H,43,50)(H,44,48)(H,45,49)/t30-,33+,34+,35-,36+/m1/s1. The first-order valence-electron chi connectivity index (χ1n) is 17.7. The van der Waals surface area contributed by atoms with Crippen LogP contribution in [0.15, 0.2) is 96.2 Å². The Bertz CT molecular complexity index is 1770. The van der Waals surface area contributed by atoms with E-state index in [1.54, 1.807) is 30.2 Å². The van der Waals surface area contributed by atoms with Gasteiger partial charge in [-0.3, -0.25) is 24.3 Å². The Morgan fingerprint density at radius 1 is 0.941 bits per heavy atom. The highest BCUT2D eigenvalue weighted by Gasteiger charge is 2.38. The first kappa shape index (κ1) is 37.9. The molecule has 5 rings (SSSR count). The van der Waals surface area contributed by atoms with Crippen LogP contribution in [-0.2, 0) is 16.0 Å². The van der Waals surface area contributed by atoms with Gasteiger partial charge in [0.05, 0.1) is 23.7 Å². The van der Waals surface area contributed by atoms with Gasteiger partial charge in [-0.25, -0.2) is 4.98 Å². The maximum atomic E-state index is 14.0. The van der Waals surface area contributed by atoms with Gasteiger partial charge < -0.3 is 21.1 Å². The maximum absolute atomic E-state index is 14.0. The van der Waals surface area contributed by atoms with E-state index in [2.05, 4.69) is 25.9 Å². The molecule has 11 heteroatoms. The van der Waals surface area contributed by atoms with E-state index >= 15 is 0 Å². The van der Waals surface area contributed by atoms with Gasteiger partial charge in [0.2, 0.25) is 11.8 Å². The molecule has 0 aliphatic carbocycles. The molecule has 0 saturated carbocycles. The van der Waals surface area contributed by atoms with Crippen molar-refractivity contribution in [3.05, 3.63) is 103 Å². The number of carbonyl (C=O) groups excluding carboxylic acids is 3. The van der Waals surface area contributed by atoms with Crippen LogP contribution in [0.3, 0.4) is 0 Å². The molecule has 5 atom stereocenters. The van der Waals surface area contributed by atoms with Crippen LogP contribution in [0, 0.1) is 5.92 Å². The lowest BCUT2D eigenvalue weighted by Gasteiger charge is -2.41. The summed E-state index contributed by atoms with van der Waals surface area (Å²) in [6.45, 7) is 10.4. The summed E-state index contributed by atoms with van der Waals surface area (Å²) in [6, 6.07) is 22.7. The number of aromatic nitrogens is 2. The highest BCUT2D eigenvalue weighted by molar-refractivity contribution is 8.00. The Morgan fingerprint density at radius 2 is 1.65 bits per heavy atom. The van der Waals surface area contributed by atoms with Gasteiger partial charge in [-0.2, -0.15) is 0 Å². The van der Waals surface area contributed by atoms with Gasteiger partial charge in [0.15, 0.2) is 0 Å². The molecule has 1 fully saturated rings. The van der Waals surface area contributed by atoms with Gasteiger partial charge in [-0.15, -0.1) is 11.8 Å². The number of carbonyl (C=O) groups is 3. The predicted molar refractivity (Wildman–Crippen MR) is 202 cm³/mol. The first-order chi connectivity index (χ1) is 24.4. The molecule has 1 aliphatic heterocycles. The number of nitrogens with zero attached hydrogens (tertiary/aromatic N) is 3. The number of benzene rings is 2. The Kier molecular flexibility index (Phi) is 12.8. The molecule has 0 unspecified atom stereocenters. The minimum atomic E-state index is -1.01. The highest BCUT2D eigenvalue weighted by atomic mass is 32.2. The summed E-state index contributed by atoms with van der Waals surface area (Å²) < 4.78 is 0. The second kappa shape index (κ2) is 17.3. The van der Waals surface area contributed by atoms with E-state index in [1.165, 1.54) is 0 Å². The lowest BCUT2D eigenvalue weighted by atomic mass is 9.95. The number of pyridine rings is 2. The van der Waals surface area contributed by atoms with E-state index in [0.29, 0.717) is 24.9 Å². The van der Waals surface area contributed by atoms with Gasteiger partial charge in [-0.1, -0.05) is 68.4 Å². The topological polar surface area (TPSA) is 137 Å². The van der Waals surface area contributed by atoms with Crippen LogP contribution in [-0.4, -0.2) is 85.8 Å². The molecule has 3 heterocycles. The number of aliphatic hydroxyl groups is 1. The van der Waals surface area contributed by atoms with Crippen LogP contribution in [0.4, 0.5) is 0 Å². The van der Waals surface area contributed by atoms with Crippen LogP contribution in [0.1, 0.15) is 63.5 Å². The first-order valence-corrected chi connectivity index (χ1v) is 18.6. The number of β-amino-alcohol motifs (C(OH)–C–C–N with tert-alkyl or cyclic N) is 1. The number of aliphatic hydroxyl groups excluding tert-OH is 1. The summed E-state index contributed by atoms with van der Waals surface area (Å²) in [5.74, 6) is -1.17. The zero-order valence-electron chi connectivity index (χ0n) is 30.1. The van der Waals surface area contributed by atoms with E-state index in [9.17, 15) is 19.5 Å². The summed E-state index contributed by atoms with van der Waals surface area (Å²) in [5, 5.41) is 22.1. The van der Waals surface area contributed by atoms with Gasteiger partial charge >= 0.3 is 0 Å². The number of amides is 3. The van der Waals surface area contributed by atoms with Crippen molar-refractivity contribution in [1.82, 2.24) is 30.8 Å². The summed E-state index contributed by atoms with van der Waals surface area (Å²) in [6.07, 6.45) is 4.35. The average molecular weight is 711 g/mol. The number of piperidine rings is 1. The third kappa shape index (κ3) is 10.8. The zero-order valence-corrected chi connectivity index (χ0v) is 30.9. The number of rotatable bonds is 13. The molecule has 0 spiro atoms. The molecule has 1 aliphatic rings. The largest absolute Gasteiger partial charge is 0.390 e. The van der Waals surface area contributed by atoms with Crippen molar-refractivity contribution in [3.63, 3.8) is 0 Å². The molecular formula is C40H50N6O4S. The third-order valence-corrected chi connectivity index (χ3v) is 10.3. The summed E-state index contributed by atoms with van der Waals surface area (Å²) >= 11 is 1.75. The van der Waals surface area contributed by atoms with Gasteiger partial charge in [0.1, 0.15) is 11.7 Å². The monoisotopic (exact) mass is 710 g/mol. The summed E-state index contributed by atoms with van der Waals surface area (Å²) in [4.78, 5) is 52.8. The van der Waals surface area contributed by atoms with Crippen LogP contribution >= 0.6 is 11.8 Å². The quantitative estimate of drug-likeness (QED) is 0.152. The molecule has 2 aromatic heterocycles. The van der Waals surface area contributed by atoms with Crippen LogP contribution in [0.2, 0.25) is 0 Å². The second-order valence-corrected chi connectivity index (χ2v) is 16.0. The Hall–Kier alpha value is -4.32. The third-order valence-electron chi connectivity index (χ3n) is 9.00. The van der Waals surface area contributed by atoms with Gasteiger partial charge in [-0.05, 0) is 75.8 Å². The van der Waals surface area contributed by atoms with E-state index in [0.717, 1.165) is 22.3 Å². The van der Waals surface area contributed by atoms with Crippen molar-refractivity contribution in [3.8, 4) is 0 Å². The number of nitrogens with one attached hydrogen (secondary N) is 3. The number of para-hydroxylation sites is 1. The smallest absolute Gasteiger partial charge is 0.270 e. The number of hydrogen-bond donors (Lipinski definition) is 4. The fraction of sp³-hybridized carbons (Fsp3) is 0.425. The van der Waals surface area contributed by atoms with E-state index in [4.69, 9.17) is 0 Å². The second-order valence-electron chi connectivity index (χ2n) is 14.7. The van der Waals surface area contributed by atoms with Crippen molar-refractivity contribution in [2.24, 2.45) is 5.92 Å². The highest BCUT2D eigenvalue weighted by Crippen LogP contribution is 2.33. The van der Waals surface area contributed by atoms with Crippen molar-refractivity contribution in [1.29, 1.82) is 0 Å².